The molecular formula is C42H26O10. The Kier molecular flexibility index (Phi) is 6.33. The summed E-state index contributed by atoms with van der Waals surface area (Å²) in [6.07, 6.45) is 0. The van der Waals surface area contributed by atoms with Gasteiger partial charge in [0.15, 0.2) is 23.0 Å². The third-order valence-electron chi connectivity index (χ3n) is 9.82. The number of rotatable bonds is 3. The second kappa shape index (κ2) is 10.8. The second-order valence-electron chi connectivity index (χ2n) is 12.6. The van der Waals surface area contributed by atoms with Gasteiger partial charge in [-0.1, -0.05) is 78.9 Å². The predicted octanol–water partition coefficient (Wildman–Crippen LogP) is 9.40. The van der Waals surface area contributed by atoms with Crippen molar-refractivity contribution in [3.05, 3.63) is 103 Å². The molecule has 9 rings (SSSR count). The third kappa shape index (κ3) is 4.00. The van der Waals surface area contributed by atoms with Gasteiger partial charge in [-0.25, -0.2) is 0 Å². The van der Waals surface area contributed by atoms with Crippen LogP contribution in [-0.4, -0.2) is 46.0 Å². The van der Waals surface area contributed by atoms with Crippen molar-refractivity contribution in [1.82, 2.24) is 0 Å². The number of para-hydroxylation sites is 1. The van der Waals surface area contributed by atoms with Gasteiger partial charge in [-0.2, -0.15) is 0 Å². The van der Waals surface area contributed by atoms with E-state index in [1.165, 1.54) is 6.07 Å². The molecule has 0 unspecified atom stereocenters. The summed E-state index contributed by atoms with van der Waals surface area (Å²) >= 11 is 0. The Hall–Kier alpha value is -7.46. The lowest BCUT2D eigenvalue weighted by atomic mass is 9.81. The molecule has 0 aliphatic carbocycles. The molecule has 9 aromatic rings. The second-order valence-corrected chi connectivity index (χ2v) is 12.6. The number of fused-ring (bicyclic) bond motifs is 6. The summed E-state index contributed by atoms with van der Waals surface area (Å²) in [6, 6.07) is 29.8. The normalized spacial score (nSPS) is 11.8. The zero-order valence-corrected chi connectivity index (χ0v) is 26.7. The predicted molar refractivity (Wildman–Crippen MR) is 198 cm³/mol. The molecular weight excluding hydrogens is 664 g/mol. The zero-order chi connectivity index (χ0) is 36.2. The van der Waals surface area contributed by atoms with Crippen LogP contribution < -0.4 is 0 Å². The first kappa shape index (κ1) is 30.6. The molecule has 0 fully saturated rings. The van der Waals surface area contributed by atoms with Gasteiger partial charge in [0.2, 0.25) is 23.0 Å². The van der Waals surface area contributed by atoms with E-state index in [-0.39, 0.29) is 49.5 Å². The highest BCUT2D eigenvalue weighted by atomic mass is 16.4. The number of phenols is 9. The van der Waals surface area contributed by atoms with E-state index in [9.17, 15) is 46.0 Å². The maximum atomic E-state index is 12.0. The van der Waals surface area contributed by atoms with E-state index in [4.69, 9.17) is 4.42 Å². The molecule has 0 saturated heterocycles. The molecule has 10 nitrogen and oxygen atoms in total. The van der Waals surface area contributed by atoms with E-state index in [1.807, 2.05) is 48.5 Å². The molecule has 0 aliphatic rings. The Balaban J connectivity index is 1.55. The Bertz CT molecular complexity index is 2920. The molecule has 0 radical (unpaired) electrons. The number of furan rings is 1. The number of hydrogen-bond donors (Lipinski definition) is 9. The quantitative estimate of drug-likeness (QED) is 0.0489. The highest BCUT2D eigenvalue weighted by Crippen LogP contribution is 2.63. The Morgan fingerprint density at radius 2 is 0.808 bits per heavy atom. The first-order chi connectivity index (χ1) is 25.1. The van der Waals surface area contributed by atoms with Crippen LogP contribution in [0.1, 0.15) is 0 Å². The Labute approximate surface area is 292 Å². The Morgan fingerprint density at radius 3 is 1.40 bits per heavy atom. The van der Waals surface area contributed by atoms with Gasteiger partial charge < -0.3 is 50.4 Å². The highest BCUT2D eigenvalue weighted by molar-refractivity contribution is 6.31. The summed E-state index contributed by atoms with van der Waals surface area (Å²) in [5.41, 5.74) is 2.31. The van der Waals surface area contributed by atoms with Crippen molar-refractivity contribution >= 4 is 54.3 Å². The molecule has 9 N–H and O–H groups in total. The summed E-state index contributed by atoms with van der Waals surface area (Å²) in [4.78, 5) is 0. The largest absolute Gasteiger partial charge is 0.507 e. The molecule has 0 bridgehead atoms. The van der Waals surface area contributed by atoms with Crippen LogP contribution in [0.3, 0.4) is 0 Å². The maximum absolute atomic E-state index is 12.0. The molecule has 10 heteroatoms. The maximum Gasteiger partial charge on any atom is 0.204 e. The van der Waals surface area contributed by atoms with Crippen molar-refractivity contribution in [2.45, 2.75) is 0 Å². The first-order valence-corrected chi connectivity index (χ1v) is 16.1. The monoisotopic (exact) mass is 690 g/mol. The van der Waals surface area contributed by atoms with Crippen LogP contribution in [0.25, 0.3) is 87.6 Å². The first-order valence-electron chi connectivity index (χ1n) is 16.1. The van der Waals surface area contributed by atoms with Crippen molar-refractivity contribution in [3.63, 3.8) is 0 Å². The average molecular weight is 691 g/mol. The lowest BCUT2D eigenvalue weighted by Crippen LogP contribution is -1.96. The van der Waals surface area contributed by atoms with Crippen LogP contribution in [-0.2, 0) is 0 Å². The number of phenolic OH excluding ortho intramolecular Hbond substituents is 9. The van der Waals surface area contributed by atoms with Gasteiger partial charge in [-0.3, -0.25) is 0 Å². The molecule has 52 heavy (non-hydrogen) atoms. The van der Waals surface area contributed by atoms with Gasteiger partial charge in [-0.05, 0) is 51.7 Å². The van der Waals surface area contributed by atoms with Crippen LogP contribution in [0.2, 0.25) is 0 Å². The number of hydrogen-bond acceptors (Lipinski definition) is 10. The van der Waals surface area contributed by atoms with Crippen molar-refractivity contribution < 1.29 is 50.4 Å². The fraction of sp³-hybridized carbons (Fsp3) is 0. The zero-order valence-electron chi connectivity index (χ0n) is 26.7. The van der Waals surface area contributed by atoms with Crippen LogP contribution in [0, 0.1) is 0 Å². The van der Waals surface area contributed by atoms with Crippen molar-refractivity contribution in [3.8, 4) is 85.1 Å². The summed E-state index contributed by atoms with van der Waals surface area (Å²) < 4.78 is 5.99. The number of benzene rings is 8. The van der Waals surface area contributed by atoms with Gasteiger partial charge in [0.25, 0.3) is 0 Å². The van der Waals surface area contributed by atoms with E-state index in [0.29, 0.717) is 32.9 Å². The van der Waals surface area contributed by atoms with Crippen LogP contribution in [0.5, 0.6) is 51.7 Å². The molecule has 1 heterocycles. The van der Waals surface area contributed by atoms with Crippen molar-refractivity contribution in [2.24, 2.45) is 0 Å². The van der Waals surface area contributed by atoms with Gasteiger partial charge >= 0.3 is 0 Å². The SMILES string of the molecule is Oc1cc(-c2ccccc2)c2ccccc2c1-c1c2c(O)c(O)c(O)c(O)c2c(-c2ccc3oc4ccccc4c3c2)c2c(O)c(O)c(O)c(O)c12. The van der Waals surface area contributed by atoms with Crippen molar-refractivity contribution in [1.29, 1.82) is 0 Å². The van der Waals surface area contributed by atoms with Crippen molar-refractivity contribution in [2.75, 3.05) is 0 Å². The lowest BCUT2D eigenvalue weighted by molar-refractivity contribution is 0.350. The lowest BCUT2D eigenvalue weighted by Gasteiger charge is -2.24. The molecule has 0 aliphatic heterocycles. The minimum Gasteiger partial charge on any atom is -0.507 e. The molecule has 0 saturated carbocycles. The molecule has 254 valence electrons. The van der Waals surface area contributed by atoms with E-state index in [0.717, 1.165) is 10.9 Å². The van der Waals surface area contributed by atoms with Crippen LogP contribution in [0.4, 0.5) is 0 Å². The van der Waals surface area contributed by atoms with Gasteiger partial charge in [0, 0.05) is 49.0 Å². The minimum absolute atomic E-state index is 0.0345. The minimum atomic E-state index is -1.11. The van der Waals surface area contributed by atoms with E-state index in [1.54, 1.807) is 48.5 Å². The van der Waals surface area contributed by atoms with E-state index in [2.05, 4.69) is 0 Å². The van der Waals surface area contributed by atoms with Crippen LogP contribution in [0.15, 0.2) is 108 Å². The van der Waals surface area contributed by atoms with Crippen LogP contribution >= 0.6 is 0 Å². The highest BCUT2D eigenvalue weighted by Gasteiger charge is 2.34. The number of aromatic hydroxyl groups is 9. The topological polar surface area (TPSA) is 195 Å². The molecule has 0 amide bonds. The fourth-order valence-electron chi connectivity index (χ4n) is 7.52. The Morgan fingerprint density at radius 1 is 0.327 bits per heavy atom. The fourth-order valence-corrected chi connectivity index (χ4v) is 7.52. The molecule has 8 aromatic carbocycles. The third-order valence-corrected chi connectivity index (χ3v) is 9.82. The average Bonchev–Trinajstić information content (AvgIpc) is 3.54. The summed E-state index contributed by atoms with van der Waals surface area (Å²) in [5.74, 6) is -8.50. The van der Waals surface area contributed by atoms with Gasteiger partial charge in [-0.15, -0.1) is 0 Å². The standard InChI is InChI=1S/C42H26O10/c43-25-17-23(18-8-2-1-3-9-18)20-10-4-5-12-22(20)29(25)30-33-31(35(44)39(48)41(50)37(33)46)28(32-34(30)38(47)42(51)40(49)36(32)45)19-14-15-27-24(16-19)21-11-6-7-13-26(21)52-27/h1-17,43-51H. The molecule has 0 spiro atoms. The summed E-state index contributed by atoms with van der Waals surface area (Å²) in [6.45, 7) is 0. The molecule has 0 atom stereocenters. The van der Waals surface area contributed by atoms with Gasteiger partial charge in [0.1, 0.15) is 16.9 Å². The smallest absolute Gasteiger partial charge is 0.204 e. The molecule has 1 aromatic heterocycles. The summed E-state index contributed by atoms with van der Waals surface area (Å²) in [5, 5.41) is 104. The van der Waals surface area contributed by atoms with Gasteiger partial charge in [0.05, 0.1) is 0 Å². The van der Waals surface area contributed by atoms with E-state index < -0.39 is 46.0 Å². The van der Waals surface area contributed by atoms with E-state index >= 15 is 0 Å². The summed E-state index contributed by atoms with van der Waals surface area (Å²) in [7, 11) is 0.